The molecule has 6 heteroatoms. The largest absolute Gasteiger partial charge is 0.417 e. The van der Waals surface area contributed by atoms with Gasteiger partial charge in [0.2, 0.25) is 0 Å². The van der Waals surface area contributed by atoms with Crippen LogP contribution in [-0.2, 0) is 6.18 Å². The molecule has 0 saturated heterocycles. The number of nitrogens with two attached hydrogens (primary N) is 1. The summed E-state index contributed by atoms with van der Waals surface area (Å²) in [4.78, 5) is 0. The van der Waals surface area contributed by atoms with Crippen molar-refractivity contribution in [2.24, 2.45) is 11.7 Å². The van der Waals surface area contributed by atoms with Crippen LogP contribution in [0.3, 0.4) is 0 Å². The standard InChI is InChI=1S/C14H16F3N3/c15-14(16,17)12-6-11(5-4-9(12)7-18)20-13-3-1-2-10(13)8-19/h4-6,10,13,20H,1-3,8,19H2. The molecule has 0 aromatic heterocycles. The van der Waals surface area contributed by atoms with Crippen LogP contribution in [0.5, 0.6) is 0 Å². The van der Waals surface area contributed by atoms with Crippen LogP contribution < -0.4 is 11.1 Å². The SMILES string of the molecule is N#Cc1ccc(NC2CCCC2CN)cc1C(F)(F)F. The highest BCUT2D eigenvalue weighted by molar-refractivity contribution is 5.53. The van der Waals surface area contributed by atoms with Gasteiger partial charge in [0.05, 0.1) is 17.2 Å². The van der Waals surface area contributed by atoms with Crippen LogP contribution in [0.25, 0.3) is 0 Å². The molecule has 0 aliphatic heterocycles. The van der Waals surface area contributed by atoms with Gasteiger partial charge in [-0.15, -0.1) is 0 Å². The van der Waals surface area contributed by atoms with Gasteiger partial charge in [-0.3, -0.25) is 0 Å². The number of hydrogen-bond donors (Lipinski definition) is 2. The van der Waals surface area contributed by atoms with E-state index in [-0.39, 0.29) is 11.6 Å². The lowest BCUT2D eigenvalue weighted by molar-refractivity contribution is -0.137. The lowest BCUT2D eigenvalue weighted by Gasteiger charge is -2.21. The zero-order chi connectivity index (χ0) is 14.8. The maximum Gasteiger partial charge on any atom is 0.417 e. The Balaban J connectivity index is 2.24. The molecule has 1 fully saturated rings. The lowest BCUT2D eigenvalue weighted by atomic mass is 10.0. The Morgan fingerprint density at radius 3 is 2.70 bits per heavy atom. The maximum absolute atomic E-state index is 12.9. The van der Waals surface area contributed by atoms with Crippen LogP contribution in [0, 0.1) is 17.2 Å². The Bertz CT molecular complexity index is 519. The average molecular weight is 283 g/mol. The first kappa shape index (κ1) is 14.7. The van der Waals surface area contributed by atoms with E-state index in [9.17, 15) is 13.2 Å². The Labute approximate surface area is 115 Å². The van der Waals surface area contributed by atoms with E-state index >= 15 is 0 Å². The molecule has 3 N–H and O–H groups in total. The topological polar surface area (TPSA) is 61.8 Å². The summed E-state index contributed by atoms with van der Waals surface area (Å²) in [7, 11) is 0. The molecular weight excluding hydrogens is 267 g/mol. The number of nitriles is 1. The van der Waals surface area contributed by atoms with Gasteiger partial charge in [0.15, 0.2) is 0 Å². The predicted octanol–water partition coefficient (Wildman–Crippen LogP) is 3.12. The van der Waals surface area contributed by atoms with Crippen molar-refractivity contribution < 1.29 is 13.2 Å². The number of hydrogen-bond acceptors (Lipinski definition) is 3. The molecule has 1 aliphatic rings. The number of nitrogens with zero attached hydrogens (tertiary/aromatic N) is 1. The predicted molar refractivity (Wildman–Crippen MR) is 70.0 cm³/mol. The molecule has 20 heavy (non-hydrogen) atoms. The molecule has 0 heterocycles. The molecule has 1 aromatic carbocycles. The summed E-state index contributed by atoms with van der Waals surface area (Å²) in [6.45, 7) is 0.528. The first-order valence-electron chi connectivity index (χ1n) is 6.53. The van der Waals surface area contributed by atoms with Crippen LogP contribution in [0.15, 0.2) is 18.2 Å². The quantitative estimate of drug-likeness (QED) is 0.896. The van der Waals surface area contributed by atoms with E-state index in [0.29, 0.717) is 18.2 Å². The van der Waals surface area contributed by atoms with Gasteiger partial charge < -0.3 is 11.1 Å². The number of nitrogens with one attached hydrogen (secondary N) is 1. The van der Waals surface area contributed by atoms with Crippen LogP contribution in [0.1, 0.15) is 30.4 Å². The summed E-state index contributed by atoms with van der Waals surface area (Å²) in [5.74, 6) is 0.292. The van der Waals surface area contributed by atoms with Crippen molar-refractivity contribution in [2.75, 3.05) is 11.9 Å². The van der Waals surface area contributed by atoms with Gasteiger partial charge in [-0.25, -0.2) is 0 Å². The minimum absolute atomic E-state index is 0.106. The number of rotatable bonds is 3. The van der Waals surface area contributed by atoms with Gasteiger partial charge in [-0.2, -0.15) is 18.4 Å². The molecule has 2 unspecified atom stereocenters. The fourth-order valence-electron chi connectivity index (χ4n) is 2.69. The molecule has 1 aromatic rings. The van der Waals surface area contributed by atoms with E-state index in [2.05, 4.69) is 5.32 Å². The molecule has 0 spiro atoms. The van der Waals surface area contributed by atoms with Crippen LogP contribution >= 0.6 is 0 Å². The zero-order valence-electron chi connectivity index (χ0n) is 10.9. The summed E-state index contributed by atoms with van der Waals surface area (Å²) in [5.41, 5.74) is 4.80. The third-order valence-electron chi connectivity index (χ3n) is 3.76. The Kier molecular flexibility index (Phi) is 4.19. The van der Waals surface area contributed by atoms with Crippen molar-refractivity contribution in [1.82, 2.24) is 0 Å². The minimum atomic E-state index is -4.52. The summed E-state index contributed by atoms with van der Waals surface area (Å²) in [6.07, 6.45) is -1.59. The molecule has 1 saturated carbocycles. The summed E-state index contributed by atoms with van der Waals surface area (Å²) in [6, 6.07) is 5.40. The van der Waals surface area contributed by atoms with Gasteiger partial charge in [-0.05, 0) is 43.5 Å². The number of alkyl halides is 3. The highest BCUT2D eigenvalue weighted by atomic mass is 19.4. The third-order valence-corrected chi connectivity index (χ3v) is 3.76. The Hall–Kier alpha value is -1.74. The smallest absolute Gasteiger partial charge is 0.382 e. The molecule has 0 radical (unpaired) electrons. The van der Waals surface area contributed by atoms with Gasteiger partial charge in [-0.1, -0.05) is 6.42 Å². The van der Waals surface area contributed by atoms with Crippen LogP contribution in [0.4, 0.5) is 18.9 Å². The fraction of sp³-hybridized carbons (Fsp3) is 0.500. The summed E-state index contributed by atoms with van der Waals surface area (Å²) in [5, 5.41) is 11.9. The second-order valence-electron chi connectivity index (χ2n) is 5.05. The minimum Gasteiger partial charge on any atom is -0.382 e. The molecule has 3 nitrogen and oxygen atoms in total. The number of benzene rings is 1. The van der Waals surface area contributed by atoms with E-state index in [4.69, 9.17) is 11.0 Å². The van der Waals surface area contributed by atoms with Crippen molar-refractivity contribution in [1.29, 1.82) is 5.26 Å². The molecule has 2 atom stereocenters. The molecule has 2 rings (SSSR count). The number of halogens is 3. The van der Waals surface area contributed by atoms with Gasteiger partial charge >= 0.3 is 6.18 Å². The normalized spacial score (nSPS) is 22.6. The summed E-state index contributed by atoms with van der Waals surface area (Å²) < 4.78 is 38.6. The first-order valence-corrected chi connectivity index (χ1v) is 6.53. The van der Waals surface area contributed by atoms with Crippen molar-refractivity contribution in [3.8, 4) is 6.07 Å². The molecule has 1 aliphatic carbocycles. The first-order chi connectivity index (χ1) is 9.45. The maximum atomic E-state index is 12.9. The number of anilines is 1. The van der Waals surface area contributed by atoms with E-state index in [0.717, 1.165) is 25.3 Å². The summed E-state index contributed by atoms with van der Waals surface area (Å²) >= 11 is 0. The highest BCUT2D eigenvalue weighted by Gasteiger charge is 2.34. The van der Waals surface area contributed by atoms with Crippen LogP contribution in [-0.4, -0.2) is 12.6 Å². The highest BCUT2D eigenvalue weighted by Crippen LogP contribution is 2.35. The lowest BCUT2D eigenvalue weighted by Crippen LogP contribution is -2.29. The second-order valence-corrected chi connectivity index (χ2v) is 5.05. The zero-order valence-corrected chi connectivity index (χ0v) is 10.9. The van der Waals surface area contributed by atoms with Crippen LogP contribution in [0.2, 0.25) is 0 Å². The molecule has 0 amide bonds. The van der Waals surface area contributed by atoms with E-state index < -0.39 is 11.7 Å². The van der Waals surface area contributed by atoms with E-state index in [1.54, 1.807) is 6.07 Å². The van der Waals surface area contributed by atoms with Gasteiger partial charge in [0.1, 0.15) is 0 Å². The van der Waals surface area contributed by atoms with Gasteiger partial charge in [0, 0.05) is 11.7 Å². The van der Waals surface area contributed by atoms with E-state index in [1.165, 1.54) is 12.1 Å². The molecular formula is C14H16F3N3. The Morgan fingerprint density at radius 2 is 2.10 bits per heavy atom. The van der Waals surface area contributed by atoms with Crippen molar-refractivity contribution in [3.63, 3.8) is 0 Å². The van der Waals surface area contributed by atoms with Crippen molar-refractivity contribution >= 4 is 5.69 Å². The van der Waals surface area contributed by atoms with Gasteiger partial charge in [0.25, 0.3) is 0 Å². The molecule has 108 valence electrons. The van der Waals surface area contributed by atoms with E-state index in [1.807, 2.05) is 0 Å². The second kappa shape index (κ2) is 5.71. The van der Waals surface area contributed by atoms with Crippen molar-refractivity contribution in [3.05, 3.63) is 29.3 Å². The van der Waals surface area contributed by atoms with Crippen molar-refractivity contribution in [2.45, 2.75) is 31.5 Å². The Morgan fingerprint density at radius 1 is 1.35 bits per heavy atom. The average Bonchev–Trinajstić information content (AvgIpc) is 2.85. The monoisotopic (exact) mass is 283 g/mol. The fourth-order valence-corrected chi connectivity index (χ4v) is 2.69. The molecule has 0 bridgehead atoms. The third kappa shape index (κ3) is 3.05.